The van der Waals surface area contributed by atoms with E-state index < -0.39 is 0 Å². The molecule has 0 spiro atoms. The average Bonchev–Trinajstić information content (AvgIpc) is 2.99. The Labute approximate surface area is 142 Å². The van der Waals surface area contributed by atoms with Gasteiger partial charge in [0, 0.05) is 25.6 Å². The average molecular weight is 335 g/mol. The zero-order valence-electron chi connectivity index (χ0n) is 14.4. The van der Waals surface area contributed by atoms with Crippen LogP contribution in [0.5, 0.6) is 11.5 Å². The van der Waals surface area contributed by atoms with Crippen LogP contribution in [0.4, 0.5) is 5.69 Å². The van der Waals surface area contributed by atoms with Crippen molar-refractivity contribution >= 4 is 17.5 Å². The van der Waals surface area contributed by atoms with E-state index in [2.05, 4.69) is 10.6 Å². The van der Waals surface area contributed by atoms with Gasteiger partial charge in [-0.25, -0.2) is 0 Å². The molecule has 1 unspecified atom stereocenters. The molecule has 24 heavy (non-hydrogen) atoms. The minimum absolute atomic E-state index is 0.0746. The Kier molecular flexibility index (Phi) is 6.43. The number of benzene rings is 1. The summed E-state index contributed by atoms with van der Waals surface area (Å²) in [5.74, 6) is 0.723. The molecule has 0 radical (unpaired) electrons. The molecule has 1 aliphatic heterocycles. The van der Waals surface area contributed by atoms with Crippen LogP contribution in [0.2, 0.25) is 0 Å². The largest absolute Gasteiger partial charge is 0.497 e. The summed E-state index contributed by atoms with van der Waals surface area (Å²) in [7, 11) is 4.99. The van der Waals surface area contributed by atoms with Gasteiger partial charge in [0.25, 0.3) is 0 Å². The number of rotatable bonds is 8. The lowest BCUT2D eigenvalue weighted by molar-refractivity contribution is -0.126. The van der Waals surface area contributed by atoms with Gasteiger partial charge in [-0.2, -0.15) is 0 Å². The maximum atomic E-state index is 12.3. The number of hydrogen-bond donors (Lipinski definition) is 2. The summed E-state index contributed by atoms with van der Waals surface area (Å²) >= 11 is 0. The molecule has 1 heterocycles. The quantitative estimate of drug-likeness (QED) is 0.687. The third-order valence-electron chi connectivity index (χ3n) is 4.08. The van der Waals surface area contributed by atoms with Gasteiger partial charge in [-0.05, 0) is 32.1 Å². The highest BCUT2D eigenvalue weighted by Crippen LogP contribution is 2.35. The van der Waals surface area contributed by atoms with Crippen LogP contribution in [-0.4, -0.2) is 52.7 Å². The van der Waals surface area contributed by atoms with Gasteiger partial charge in [0.15, 0.2) is 0 Å². The fourth-order valence-electron chi connectivity index (χ4n) is 2.75. The van der Waals surface area contributed by atoms with Crippen molar-refractivity contribution in [3.05, 3.63) is 18.2 Å². The summed E-state index contributed by atoms with van der Waals surface area (Å²) in [4.78, 5) is 26.2. The molecule has 0 saturated carbocycles. The molecular formula is C17H25N3O4. The molecule has 1 saturated heterocycles. The fraction of sp³-hybridized carbons (Fsp3) is 0.529. The topological polar surface area (TPSA) is 79.9 Å². The van der Waals surface area contributed by atoms with E-state index in [4.69, 9.17) is 9.47 Å². The van der Waals surface area contributed by atoms with Gasteiger partial charge in [0.05, 0.1) is 25.8 Å². The van der Waals surface area contributed by atoms with Crippen molar-refractivity contribution in [3.8, 4) is 11.5 Å². The third kappa shape index (κ3) is 4.17. The zero-order valence-corrected chi connectivity index (χ0v) is 14.4. The van der Waals surface area contributed by atoms with Crippen LogP contribution in [0.25, 0.3) is 0 Å². The molecule has 2 N–H and O–H groups in total. The van der Waals surface area contributed by atoms with Gasteiger partial charge in [-0.15, -0.1) is 0 Å². The smallest absolute Gasteiger partial charge is 0.227 e. The third-order valence-corrected chi connectivity index (χ3v) is 4.08. The highest BCUT2D eigenvalue weighted by molar-refractivity contribution is 6.01. The minimum Gasteiger partial charge on any atom is -0.497 e. The number of nitrogens with zero attached hydrogens (tertiary/aromatic N) is 1. The first-order chi connectivity index (χ1) is 11.6. The number of nitrogens with one attached hydrogen (secondary N) is 2. The zero-order chi connectivity index (χ0) is 17.5. The predicted octanol–water partition coefficient (Wildman–Crippen LogP) is 0.782. The van der Waals surface area contributed by atoms with Crippen LogP contribution in [-0.2, 0) is 9.59 Å². The van der Waals surface area contributed by atoms with Gasteiger partial charge in [0.1, 0.15) is 11.5 Å². The van der Waals surface area contributed by atoms with Crippen LogP contribution in [0.3, 0.4) is 0 Å². The van der Waals surface area contributed by atoms with Gasteiger partial charge in [0.2, 0.25) is 11.8 Å². The van der Waals surface area contributed by atoms with E-state index in [0.717, 1.165) is 13.0 Å². The first-order valence-electron chi connectivity index (χ1n) is 8.05. The van der Waals surface area contributed by atoms with E-state index in [1.165, 1.54) is 0 Å². The Bertz CT molecular complexity index is 591. The summed E-state index contributed by atoms with van der Waals surface area (Å²) in [6, 6.07) is 5.28. The Morgan fingerprint density at radius 3 is 2.75 bits per heavy atom. The Balaban J connectivity index is 2.03. The van der Waals surface area contributed by atoms with Crippen molar-refractivity contribution < 1.29 is 19.1 Å². The standard InChI is InChI=1S/C17H25N3O4/c1-18-7-4-8-19-17(22)12-9-16(21)20(11-12)14-6-5-13(23-2)10-15(14)24-3/h5-6,10,12,18H,4,7-9,11H2,1-3H3,(H,19,22). The Morgan fingerprint density at radius 2 is 2.08 bits per heavy atom. The number of hydrogen-bond acceptors (Lipinski definition) is 5. The second-order valence-corrected chi connectivity index (χ2v) is 5.69. The van der Waals surface area contributed by atoms with Crippen LogP contribution in [0.15, 0.2) is 18.2 Å². The molecule has 0 aliphatic carbocycles. The molecule has 7 heteroatoms. The first kappa shape index (κ1) is 18.1. The minimum atomic E-state index is -0.334. The van der Waals surface area contributed by atoms with Crippen molar-refractivity contribution in [3.63, 3.8) is 0 Å². The number of ether oxygens (including phenoxy) is 2. The number of anilines is 1. The monoisotopic (exact) mass is 335 g/mol. The van der Waals surface area contributed by atoms with Gasteiger partial charge >= 0.3 is 0 Å². The SMILES string of the molecule is CNCCCNC(=O)C1CC(=O)N(c2ccc(OC)cc2OC)C1. The fourth-order valence-corrected chi connectivity index (χ4v) is 2.75. The molecule has 0 aromatic heterocycles. The highest BCUT2D eigenvalue weighted by Gasteiger charge is 2.36. The maximum Gasteiger partial charge on any atom is 0.227 e. The lowest BCUT2D eigenvalue weighted by Crippen LogP contribution is -2.34. The molecule has 2 amide bonds. The molecular weight excluding hydrogens is 310 g/mol. The normalized spacial score (nSPS) is 17.0. The van der Waals surface area contributed by atoms with E-state index >= 15 is 0 Å². The Hall–Kier alpha value is -2.28. The number of amides is 2. The molecule has 1 aromatic rings. The molecule has 0 bridgehead atoms. The molecule has 132 valence electrons. The summed E-state index contributed by atoms with van der Waals surface area (Å²) < 4.78 is 10.5. The molecule has 1 fully saturated rings. The summed E-state index contributed by atoms with van der Waals surface area (Å²) in [5.41, 5.74) is 0.661. The van der Waals surface area contributed by atoms with E-state index in [9.17, 15) is 9.59 Å². The molecule has 1 aromatic carbocycles. The van der Waals surface area contributed by atoms with E-state index in [1.807, 2.05) is 7.05 Å². The van der Waals surface area contributed by atoms with Gasteiger partial charge in [-0.1, -0.05) is 0 Å². The van der Waals surface area contributed by atoms with Crippen LogP contribution >= 0.6 is 0 Å². The Morgan fingerprint density at radius 1 is 1.29 bits per heavy atom. The molecule has 1 atom stereocenters. The van der Waals surface area contributed by atoms with Crippen molar-refractivity contribution in [2.75, 3.05) is 45.8 Å². The van der Waals surface area contributed by atoms with Crippen LogP contribution in [0.1, 0.15) is 12.8 Å². The maximum absolute atomic E-state index is 12.3. The van der Waals surface area contributed by atoms with E-state index in [0.29, 0.717) is 30.3 Å². The van der Waals surface area contributed by atoms with Crippen molar-refractivity contribution in [1.82, 2.24) is 10.6 Å². The summed E-state index contributed by atoms with van der Waals surface area (Å²) in [6.45, 7) is 1.81. The number of carbonyl (C=O) groups excluding carboxylic acids is 2. The lowest BCUT2D eigenvalue weighted by Gasteiger charge is -2.20. The van der Waals surface area contributed by atoms with Gasteiger partial charge in [-0.3, -0.25) is 9.59 Å². The van der Waals surface area contributed by atoms with Gasteiger partial charge < -0.3 is 25.0 Å². The predicted molar refractivity (Wildman–Crippen MR) is 91.6 cm³/mol. The highest BCUT2D eigenvalue weighted by atomic mass is 16.5. The molecule has 1 aliphatic rings. The molecule has 2 rings (SSSR count). The summed E-state index contributed by atoms with van der Waals surface area (Å²) in [6.07, 6.45) is 1.08. The van der Waals surface area contributed by atoms with Crippen molar-refractivity contribution in [2.45, 2.75) is 12.8 Å². The first-order valence-corrected chi connectivity index (χ1v) is 8.05. The second-order valence-electron chi connectivity index (χ2n) is 5.69. The second kappa shape index (κ2) is 8.54. The molecule has 7 nitrogen and oxygen atoms in total. The number of methoxy groups -OCH3 is 2. The summed E-state index contributed by atoms with van der Waals surface area (Å²) in [5, 5.41) is 5.92. The van der Waals surface area contributed by atoms with Crippen molar-refractivity contribution in [1.29, 1.82) is 0 Å². The van der Waals surface area contributed by atoms with E-state index in [-0.39, 0.29) is 24.2 Å². The number of carbonyl (C=O) groups is 2. The van der Waals surface area contributed by atoms with Crippen LogP contribution in [0, 0.1) is 5.92 Å². The van der Waals surface area contributed by atoms with E-state index in [1.54, 1.807) is 37.3 Å². The lowest BCUT2D eigenvalue weighted by atomic mass is 10.1. The van der Waals surface area contributed by atoms with Crippen LogP contribution < -0.4 is 25.0 Å². The van der Waals surface area contributed by atoms with Crippen molar-refractivity contribution in [2.24, 2.45) is 5.92 Å².